The number of carbonyl (C=O) groups is 1. The number of hydrogen-bond donors (Lipinski definition) is 0. The molecule has 0 spiro atoms. The molecule has 7 heteroatoms. The maximum atomic E-state index is 13.0. The summed E-state index contributed by atoms with van der Waals surface area (Å²) in [6.07, 6.45) is 11.6. The zero-order valence-electron chi connectivity index (χ0n) is 24.4. The van der Waals surface area contributed by atoms with Crippen molar-refractivity contribution in [2.24, 2.45) is 11.8 Å². The predicted octanol–water partition coefficient (Wildman–Crippen LogP) is 7.64. The summed E-state index contributed by atoms with van der Waals surface area (Å²) in [4.78, 5) is 13.0. The molecule has 222 valence electrons. The molecule has 9 atom stereocenters. The van der Waals surface area contributed by atoms with E-state index in [1.165, 1.54) is 5.57 Å². The Hall–Kier alpha value is -1.78. The Labute approximate surface area is 258 Å². The Morgan fingerprint density at radius 1 is 1.00 bits per heavy atom. The number of ether oxygens (including phenoxy) is 5. The highest BCUT2D eigenvalue weighted by molar-refractivity contribution is 14.1. The van der Waals surface area contributed by atoms with Crippen LogP contribution in [0.1, 0.15) is 76.7 Å². The molecule has 0 unspecified atom stereocenters. The minimum absolute atomic E-state index is 0.0102. The van der Waals surface area contributed by atoms with E-state index in [0.29, 0.717) is 13.0 Å². The summed E-state index contributed by atoms with van der Waals surface area (Å²) >= 11 is 2.26. The summed E-state index contributed by atoms with van der Waals surface area (Å²) in [5, 5.41) is 0. The van der Waals surface area contributed by atoms with Crippen molar-refractivity contribution in [3.05, 3.63) is 75.4 Å². The lowest BCUT2D eigenvalue weighted by Gasteiger charge is -2.44. The third-order valence-corrected chi connectivity index (χ3v) is 9.76. The summed E-state index contributed by atoms with van der Waals surface area (Å²) in [6, 6.07) is 8.34. The quantitative estimate of drug-likeness (QED) is 0.174. The number of carbonyl (C=O) groups excluding carboxylic acids is 1. The van der Waals surface area contributed by atoms with Crippen LogP contribution in [-0.2, 0) is 28.5 Å². The molecule has 0 amide bonds. The molecule has 0 radical (unpaired) electrons. The number of benzene rings is 1. The van der Waals surface area contributed by atoms with E-state index in [4.69, 9.17) is 23.7 Å². The van der Waals surface area contributed by atoms with Crippen LogP contribution in [0.25, 0.3) is 6.08 Å². The van der Waals surface area contributed by atoms with Gasteiger partial charge in [-0.1, -0.05) is 85.0 Å². The van der Waals surface area contributed by atoms with E-state index >= 15 is 0 Å². The number of fused-ring (bicyclic) bond motifs is 9. The molecule has 0 N–H and O–H groups in total. The second-order valence-electron chi connectivity index (χ2n) is 12.0. The fraction of sp³-hybridized carbons (Fsp3) is 0.559. The van der Waals surface area contributed by atoms with Gasteiger partial charge in [-0.3, -0.25) is 0 Å². The Kier molecular flexibility index (Phi) is 10.6. The van der Waals surface area contributed by atoms with Gasteiger partial charge in [0.25, 0.3) is 0 Å². The van der Waals surface area contributed by atoms with Gasteiger partial charge in [0.1, 0.15) is 6.10 Å². The summed E-state index contributed by atoms with van der Waals surface area (Å²) in [7, 11) is 0. The molecular weight excluding hydrogens is 631 g/mol. The third-order valence-electron chi connectivity index (χ3n) is 8.78. The molecule has 6 nitrogen and oxygen atoms in total. The SMILES string of the molecule is C=C1C[C@@H]2C[C@@H]3CCO[C@@H](O3)c3cccc(c3)/C=C/C[C@H]3O[C@@H](/C(C)=C/I)[C@H](C)[C@@H](OC(=O)/C=C\C[C@@H](C1)O2)[C@H]3C. The van der Waals surface area contributed by atoms with Gasteiger partial charge in [0.2, 0.25) is 0 Å². The Bertz CT molecular complexity index is 1170. The lowest BCUT2D eigenvalue weighted by atomic mass is 9.79. The highest BCUT2D eigenvalue weighted by Crippen LogP contribution is 2.38. The third kappa shape index (κ3) is 7.79. The van der Waals surface area contributed by atoms with Crippen molar-refractivity contribution in [3.63, 3.8) is 0 Å². The van der Waals surface area contributed by atoms with E-state index in [-0.39, 0.29) is 54.4 Å². The van der Waals surface area contributed by atoms with Gasteiger partial charge in [0.05, 0.1) is 37.1 Å². The summed E-state index contributed by atoms with van der Waals surface area (Å²) in [5.41, 5.74) is 4.43. The molecule has 8 bridgehead atoms. The molecule has 5 rings (SSSR count). The molecule has 41 heavy (non-hydrogen) atoms. The standard InChI is InChI=1S/C34H43IO6/c1-21-16-27-11-7-13-31(36)41-33-23(3)30(40-32(24(33)4)22(2)20-35)12-6-9-25-8-5-10-26(18-25)34-37-15-14-28(39-34)19-29(17-21)38-27/h5-10,13,18,20,23-24,27-30,32-34H,1,11-12,14-17,19H2,2-4H3/b9-6+,13-7-,22-20+/t23-,24-,27-,28-,29+,30+,32-,33-,34-/m0/s1. The number of esters is 1. The fourth-order valence-corrected chi connectivity index (χ4v) is 6.96. The van der Waals surface area contributed by atoms with Gasteiger partial charge in [0, 0.05) is 29.9 Å². The summed E-state index contributed by atoms with van der Waals surface area (Å²) in [6.45, 7) is 11.3. The van der Waals surface area contributed by atoms with Crippen LogP contribution < -0.4 is 0 Å². The van der Waals surface area contributed by atoms with E-state index in [1.54, 1.807) is 6.08 Å². The Balaban J connectivity index is 1.42. The minimum atomic E-state index is -0.391. The van der Waals surface area contributed by atoms with Gasteiger partial charge in [-0.2, -0.15) is 0 Å². The molecular formula is C34H43IO6. The van der Waals surface area contributed by atoms with Crippen LogP contribution >= 0.6 is 22.6 Å². The lowest BCUT2D eigenvalue weighted by Crippen LogP contribution is -2.50. The normalized spacial score (nSPS) is 38.7. The van der Waals surface area contributed by atoms with Crippen LogP contribution in [0.3, 0.4) is 0 Å². The molecule has 4 aliphatic rings. The first-order valence-corrected chi connectivity index (χ1v) is 16.2. The second-order valence-corrected chi connectivity index (χ2v) is 12.7. The molecule has 0 aliphatic carbocycles. The van der Waals surface area contributed by atoms with Crippen molar-refractivity contribution in [1.29, 1.82) is 0 Å². The number of halogens is 1. The number of hydrogen-bond acceptors (Lipinski definition) is 6. The predicted molar refractivity (Wildman–Crippen MR) is 168 cm³/mol. The van der Waals surface area contributed by atoms with Crippen molar-refractivity contribution in [2.75, 3.05) is 6.61 Å². The van der Waals surface area contributed by atoms with Crippen molar-refractivity contribution in [2.45, 2.75) is 102 Å². The Morgan fingerprint density at radius 3 is 2.63 bits per heavy atom. The van der Waals surface area contributed by atoms with E-state index in [9.17, 15) is 4.79 Å². The largest absolute Gasteiger partial charge is 0.458 e. The second kappa shape index (κ2) is 14.1. The summed E-state index contributed by atoms with van der Waals surface area (Å²) in [5.74, 6) is -0.232. The van der Waals surface area contributed by atoms with Crippen LogP contribution in [0.4, 0.5) is 0 Å². The van der Waals surface area contributed by atoms with Gasteiger partial charge in [-0.25, -0.2) is 4.79 Å². The van der Waals surface area contributed by atoms with Gasteiger partial charge < -0.3 is 23.7 Å². The van der Waals surface area contributed by atoms with Gasteiger partial charge in [0.15, 0.2) is 6.29 Å². The molecule has 0 aromatic heterocycles. The Morgan fingerprint density at radius 2 is 1.80 bits per heavy atom. The highest BCUT2D eigenvalue weighted by atomic mass is 127. The molecule has 1 aromatic rings. The van der Waals surface area contributed by atoms with Gasteiger partial charge in [-0.15, -0.1) is 0 Å². The first-order chi connectivity index (χ1) is 19.8. The average molecular weight is 675 g/mol. The average Bonchev–Trinajstić information content (AvgIpc) is 2.95. The molecule has 0 saturated carbocycles. The van der Waals surface area contributed by atoms with Crippen LogP contribution in [0, 0.1) is 11.8 Å². The fourth-order valence-electron chi connectivity index (χ4n) is 6.61. The van der Waals surface area contributed by atoms with Crippen LogP contribution in [-0.4, -0.2) is 49.2 Å². The zero-order chi connectivity index (χ0) is 28.9. The maximum absolute atomic E-state index is 13.0. The van der Waals surface area contributed by atoms with Crippen LogP contribution in [0.5, 0.6) is 0 Å². The summed E-state index contributed by atoms with van der Waals surface area (Å²) < 4.78 is 33.7. The van der Waals surface area contributed by atoms with Gasteiger partial charge >= 0.3 is 5.97 Å². The van der Waals surface area contributed by atoms with Crippen molar-refractivity contribution < 1.29 is 28.5 Å². The smallest absolute Gasteiger partial charge is 0.330 e. The lowest BCUT2D eigenvalue weighted by molar-refractivity contribution is -0.225. The van der Waals surface area contributed by atoms with Crippen molar-refractivity contribution >= 4 is 34.6 Å². The molecule has 1 aromatic carbocycles. The van der Waals surface area contributed by atoms with E-state index in [2.05, 4.69) is 84.4 Å². The molecule has 3 saturated heterocycles. The maximum Gasteiger partial charge on any atom is 0.330 e. The van der Waals surface area contributed by atoms with Crippen molar-refractivity contribution in [3.8, 4) is 0 Å². The molecule has 4 heterocycles. The molecule has 4 aliphatic heterocycles. The number of rotatable bonds is 1. The first kappa shape index (κ1) is 30.7. The van der Waals surface area contributed by atoms with E-state index in [1.807, 2.05) is 12.1 Å². The van der Waals surface area contributed by atoms with E-state index in [0.717, 1.165) is 48.8 Å². The topological polar surface area (TPSA) is 63.2 Å². The van der Waals surface area contributed by atoms with E-state index < -0.39 is 6.29 Å². The van der Waals surface area contributed by atoms with Crippen molar-refractivity contribution in [1.82, 2.24) is 0 Å². The minimum Gasteiger partial charge on any atom is -0.458 e. The van der Waals surface area contributed by atoms with Gasteiger partial charge in [-0.05, 0) is 60.3 Å². The molecule has 3 fully saturated rings. The van der Waals surface area contributed by atoms with Crippen LogP contribution in [0.2, 0.25) is 0 Å². The first-order valence-electron chi connectivity index (χ1n) is 15.0. The van der Waals surface area contributed by atoms with Crippen LogP contribution in [0.15, 0.2) is 64.3 Å². The monoisotopic (exact) mass is 674 g/mol. The zero-order valence-corrected chi connectivity index (χ0v) is 26.5. The highest BCUT2D eigenvalue weighted by Gasteiger charge is 2.43.